The topological polar surface area (TPSA) is 76.2 Å². The Labute approximate surface area is 193 Å². The second-order valence-corrected chi connectivity index (χ2v) is 8.82. The average Bonchev–Trinajstić information content (AvgIpc) is 3.58. The molecule has 1 aliphatic heterocycles. The van der Waals surface area contributed by atoms with Crippen molar-refractivity contribution in [1.29, 1.82) is 0 Å². The molecule has 1 aliphatic rings. The molecule has 0 bridgehead atoms. The molecular formula is C26H29N5O2. The number of carbonyl (C=O) groups excluding carboxylic acids is 1. The summed E-state index contributed by atoms with van der Waals surface area (Å²) in [5, 5.41) is 8.46. The van der Waals surface area contributed by atoms with Gasteiger partial charge in [-0.2, -0.15) is 5.10 Å². The van der Waals surface area contributed by atoms with Crippen LogP contribution in [0.4, 0.5) is 0 Å². The van der Waals surface area contributed by atoms with E-state index in [1.165, 1.54) is 18.4 Å². The van der Waals surface area contributed by atoms with E-state index in [0.717, 1.165) is 41.1 Å². The molecule has 0 unspecified atom stereocenters. The van der Waals surface area contributed by atoms with Crippen molar-refractivity contribution in [1.82, 2.24) is 25.0 Å². The van der Waals surface area contributed by atoms with Gasteiger partial charge in [0.1, 0.15) is 5.76 Å². The molecule has 7 nitrogen and oxygen atoms in total. The zero-order chi connectivity index (χ0) is 22.8. The number of benzene rings is 1. The number of likely N-dealkylation sites (tertiary alicyclic amines) is 1. The molecule has 1 atom stereocenters. The number of fused-ring (bicyclic) bond motifs is 1. The highest BCUT2D eigenvalue weighted by Gasteiger charge is 2.26. The number of amides is 1. The predicted molar refractivity (Wildman–Crippen MR) is 127 cm³/mol. The Kier molecular flexibility index (Phi) is 5.96. The fourth-order valence-corrected chi connectivity index (χ4v) is 4.57. The monoisotopic (exact) mass is 443 g/mol. The summed E-state index contributed by atoms with van der Waals surface area (Å²) in [5.74, 6) is 0.773. The summed E-state index contributed by atoms with van der Waals surface area (Å²) in [4.78, 5) is 20.3. The molecule has 4 heterocycles. The SMILES string of the molecule is Cc1ccc(Cn2ncc3c(C(=O)NC[C@H](c4ccco4)N4CCCC4)cc(C)nc32)cc1. The molecule has 5 rings (SSSR count). The standard InChI is InChI=1S/C26H29N5O2/c1-18-7-9-20(10-8-18)17-31-25-22(15-28-31)21(14-19(2)29-25)26(32)27-16-23(24-6-5-13-33-24)30-11-3-4-12-30/h5-10,13-15,23H,3-4,11-12,16-17H2,1-2H3,(H,27,32)/t23-/m1/s1. The molecule has 33 heavy (non-hydrogen) atoms. The molecule has 170 valence electrons. The highest BCUT2D eigenvalue weighted by molar-refractivity contribution is 6.05. The first-order chi connectivity index (χ1) is 16.1. The normalized spacial score (nSPS) is 15.2. The van der Waals surface area contributed by atoms with Gasteiger partial charge in [-0.3, -0.25) is 9.69 Å². The number of carbonyl (C=O) groups is 1. The fourth-order valence-electron chi connectivity index (χ4n) is 4.57. The summed E-state index contributed by atoms with van der Waals surface area (Å²) in [6.07, 6.45) is 5.79. The lowest BCUT2D eigenvalue weighted by molar-refractivity contribution is 0.0935. The van der Waals surface area contributed by atoms with Gasteiger partial charge < -0.3 is 9.73 Å². The second kappa shape index (κ2) is 9.19. The molecule has 4 aromatic rings. The van der Waals surface area contributed by atoms with Crippen molar-refractivity contribution in [2.75, 3.05) is 19.6 Å². The van der Waals surface area contributed by atoms with Crippen LogP contribution in [0.3, 0.4) is 0 Å². The van der Waals surface area contributed by atoms with Gasteiger partial charge in [-0.1, -0.05) is 29.8 Å². The van der Waals surface area contributed by atoms with E-state index in [-0.39, 0.29) is 11.9 Å². The van der Waals surface area contributed by atoms with Crippen LogP contribution in [-0.2, 0) is 6.54 Å². The van der Waals surface area contributed by atoms with Gasteiger partial charge in [0.2, 0.25) is 0 Å². The third-order valence-electron chi connectivity index (χ3n) is 6.34. The summed E-state index contributed by atoms with van der Waals surface area (Å²) < 4.78 is 7.55. The van der Waals surface area contributed by atoms with Crippen molar-refractivity contribution in [2.45, 2.75) is 39.3 Å². The van der Waals surface area contributed by atoms with Gasteiger partial charge >= 0.3 is 0 Å². The maximum absolute atomic E-state index is 13.3. The van der Waals surface area contributed by atoms with Crippen LogP contribution in [0.25, 0.3) is 11.0 Å². The quantitative estimate of drug-likeness (QED) is 0.462. The zero-order valence-electron chi connectivity index (χ0n) is 19.1. The minimum Gasteiger partial charge on any atom is -0.468 e. The van der Waals surface area contributed by atoms with Crippen LogP contribution in [-0.4, -0.2) is 45.2 Å². The van der Waals surface area contributed by atoms with Gasteiger partial charge in [0.15, 0.2) is 5.65 Å². The summed E-state index contributed by atoms with van der Waals surface area (Å²) in [5.41, 5.74) is 4.49. The van der Waals surface area contributed by atoms with Gasteiger partial charge in [0.05, 0.1) is 36.0 Å². The molecule has 1 amide bonds. The molecule has 7 heteroatoms. The summed E-state index contributed by atoms with van der Waals surface area (Å²) in [6.45, 7) is 7.12. The number of furan rings is 1. The first-order valence-electron chi connectivity index (χ1n) is 11.5. The molecule has 0 saturated carbocycles. The van der Waals surface area contributed by atoms with E-state index in [4.69, 9.17) is 4.42 Å². The van der Waals surface area contributed by atoms with Crippen molar-refractivity contribution in [3.8, 4) is 0 Å². The maximum atomic E-state index is 13.3. The Morgan fingerprint density at radius 2 is 1.94 bits per heavy atom. The number of rotatable bonds is 7. The van der Waals surface area contributed by atoms with Crippen LogP contribution in [0.5, 0.6) is 0 Å². The van der Waals surface area contributed by atoms with Gasteiger partial charge in [-0.15, -0.1) is 0 Å². The van der Waals surface area contributed by atoms with Crippen LogP contribution < -0.4 is 5.32 Å². The van der Waals surface area contributed by atoms with Crippen molar-refractivity contribution < 1.29 is 9.21 Å². The van der Waals surface area contributed by atoms with E-state index in [9.17, 15) is 4.79 Å². The molecule has 1 aromatic carbocycles. The highest BCUT2D eigenvalue weighted by atomic mass is 16.3. The van der Waals surface area contributed by atoms with Crippen molar-refractivity contribution in [3.05, 3.63) is 83.1 Å². The Balaban J connectivity index is 1.38. The molecule has 1 N–H and O–H groups in total. The highest BCUT2D eigenvalue weighted by Crippen LogP contribution is 2.25. The van der Waals surface area contributed by atoms with Gasteiger partial charge in [-0.25, -0.2) is 9.67 Å². The predicted octanol–water partition coefficient (Wildman–Crippen LogP) is 4.26. The van der Waals surface area contributed by atoms with Crippen molar-refractivity contribution in [2.24, 2.45) is 0 Å². The minimum atomic E-state index is -0.115. The van der Waals surface area contributed by atoms with E-state index < -0.39 is 0 Å². The smallest absolute Gasteiger partial charge is 0.252 e. The summed E-state index contributed by atoms with van der Waals surface area (Å²) in [7, 11) is 0. The maximum Gasteiger partial charge on any atom is 0.252 e. The Morgan fingerprint density at radius 1 is 1.15 bits per heavy atom. The molecule has 3 aromatic heterocycles. The Hall–Kier alpha value is -3.45. The van der Waals surface area contributed by atoms with Crippen LogP contribution in [0, 0.1) is 13.8 Å². The second-order valence-electron chi connectivity index (χ2n) is 8.82. The number of hydrogen-bond acceptors (Lipinski definition) is 5. The number of hydrogen-bond donors (Lipinski definition) is 1. The van der Waals surface area contributed by atoms with E-state index in [0.29, 0.717) is 18.7 Å². The lowest BCUT2D eigenvalue weighted by Crippen LogP contribution is -2.36. The van der Waals surface area contributed by atoms with Gasteiger partial charge in [0, 0.05) is 12.2 Å². The number of aryl methyl sites for hydroxylation is 2. The number of nitrogens with zero attached hydrogens (tertiary/aromatic N) is 4. The average molecular weight is 444 g/mol. The third kappa shape index (κ3) is 4.54. The summed E-state index contributed by atoms with van der Waals surface area (Å²) >= 11 is 0. The fraction of sp³-hybridized carbons (Fsp3) is 0.346. The Bertz CT molecular complexity index is 1240. The number of nitrogens with one attached hydrogen (secondary N) is 1. The first-order valence-corrected chi connectivity index (χ1v) is 11.5. The van der Waals surface area contributed by atoms with Crippen LogP contribution in [0.2, 0.25) is 0 Å². The molecule has 1 fully saturated rings. The van der Waals surface area contributed by atoms with Crippen molar-refractivity contribution >= 4 is 16.9 Å². The molecular weight excluding hydrogens is 414 g/mol. The van der Waals surface area contributed by atoms with Crippen LogP contribution in [0.15, 0.2) is 59.3 Å². The van der Waals surface area contributed by atoms with Crippen molar-refractivity contribution in [3.63, 3.8) is 0 Å². The van der Waals surface area contributed by atoms with Crippen LogP contribution in [0.1, 0.15) is 51.8 Å². The first kappa shape index (κ1) is 21.4. The Morgan fingerprint density at radius 3 is 2.67 bits per heavy atom. The third-order valence-corrected chi connectivity index (χ3v) is 6.34. The van der Waals surface area contributed by atoms with E-state index in [1.807, 2.05) is 29.8 Å². The van der Waals surface area contributed by atoms with E-state index >= 15 is 0 Å². The minimum absolute atomic E-state index is 0.0362. The number of aromatic nitrogens is 3. The van der Waals surface area contributed by atoms with Crippen LogP contribution >= 0.6 is 0 Å². The van der Waals surface area contributed by atoms with Gasteiger partial charge in [-0.05, 0) is 63.5 Å². The lowest BCUT2D eigenvalue weighted by Gasteiger charge is -2.26. The zero-order valence-corrected chi connectivity index (χ0v) is 19.1. The molecule has 0 radical (unpaired) electrons. The van der Waals surface area contributed by atoms with E-state index in [2.05, 4.69) is 51.5 Å². The largest absolute Gasteiger partial charge is 0.468 e. The summed E-state index contributed by atoms with van der Waals surface area (Å²) in [6, 6.07) is 14.1. The lowest BCUT2D eigenvalue weighted by atomic mass is 10.1. The molecule has 0 aliphatic carbocycles. The molecule has 1 saturated heterocycles. The van der Waals surface area contributed by atoms with Gasteiger partial charge in [0.25, 0.3) is 5.91 Å². The number of pyridine rings is 1. The van der Waals surface area contributed by atoms with E-state index in [1.54, 1.807) is 12.5 Å². The molecule has 0 spiro atoms.